The van der Waals surface area contributed by atoms with Crippen LogP contribution >= 0.6 is 15.9 Å². The Morgan fingerprint density at radius 1 is 1.10 bits per heavy atom. The van der Waals surface area contributed by atoms with Crippen molar-refractivity contribution in [2.24, 2.45) is 5.92 Å². The number of benzene rings is 1. The molecule has 0 unspecified atom stereocenters. The highest BCUT2D eigenvalue weighted by Crippen LogP contribution is 2.38. The highest BCUT2D eigenvalue weighted by atomic mass is 79.9. The van der Waals surface area contributed by atoms with Crippen LogP contribution < -0.4 is 16.4 Å². The number of hydrogen-bond donors (Lipinski definition) is 4. The van der Waals surface area contributed by atoms with Crippen LogP contribution in [-0.4, -0.2) is 50.0 Å². The molecule has 0 radical (unpaired) electrons. The van der Waals surface area contributed by atoms with Crippen LogP contribution in [0.2, 0.25) is 0 Å². The van der Waals surface area contributed by atoms with E-state index in [-0.39, 0.29) is 12.0 Å². The zero-order chi connectivity index (χ0) is 21.7. The van der Waals surface area contributed by atoms with Crippen LogP contribution in [0.5, 0.6) is 0 Å². The molecular formula is C22H23BrN6O2. The third-order valence-corrected chi connectivity index (χ3v) is 6.92. The second-order valence-electron chi connectivity index (χ2n) is 8.12. The van der Waals surface area contributed by atoms with Crippen molar-refractivity contribution in [3.8, 4) is 0 Å². The number of halogens is 1. The first-order valence-electron chi connectivity index (χ1n) is 10.2. The van der Waals surface area contributed by atoms with Gasteiger partial charge in [-0.2, -0.15) is 0 Å². The number of nitrogens with two attached hydrogens (primary N) is 2. The summed E-state index contributed by atoms with van der Waals surface area (Å²) >= 11 is 3.40. The van der Waals surface area contributed by atoms with Gasteiger partial charge in [0.2, 0.25) is 0 Å². The zero-order valence-electron chi connectivity index (χ0n) is 16.7. The molecule has 2 aliphatic rings. The van der Waals surface area contributed by atoms with E-state index in [0.29, 0.717) is 24.6 Å². The number of nitrogens with zero attached hydrogens (tertiary/aromatic N) is 4. The SMILES string of the molecule is Nc1nc2cc(/C=C/[C@H]3C[C@@H](N4CCc5c(N)ncnc54)[C@H](O)[C@@H]3O)ccc2cc1Br. The van der Waals surface area contributed by atoms with Crippen LogP contribution in [0, 0.1) is 5.92 Å². The molecule has 0 saturated heterocycles. The molecule has 1 aliphatic carbocycles. The van der Waals surface area contributed by atoms with E-state index in [1.807, 2.05) is 36.4 Å². The summed E-state index contributed by atoms with van der Waals surface area (Å²) in [6.07, 6.45) is 5.00. The van der Waals surface area contributed by atoms with E-state index in [1.54, 1.807) is 0 Å². The van der Waals surface area contributed by atoms with Gasteiger partial charge in [0.25, 0.3) is 0 Å². The summed E-state index contributed by atoms with van der Waals surface area (Å²) in [6, 6.07) is 7.66. The van der Waals surface area contributed by atoms with Crippen LogP contribution in [0.3, 0.4) is 0 Å². The second kappa shape index (κ2) is 7.74. The van der Waals surface area contributed by atoms with Gasteiger partial charge in [-0.05, 0) is 46.5 Å². The molecule has 6 N–H and O–H groups in total. The maximum atomic E-state index is 10.7. The molecule has 1 aromatic carbocycles. The van der Waals surface area contributed by atoms with E-state index >= 15 is 0 Å². The standard InChI is InChI=1S/C22H23BrN6O2/c23-15-8-12-3-1-11(7-16(12)28-21(15)25)2-4-13-9-17(19(31)18(13)30)29-6-5-14-20(24)26-10-27-22(14)29/h1-4,7-8,10,13,17-19,30-31H,5-6,9H2,(H2,25,28)(H2,24,26,27)/b4-2+/t13-,17+,18+,19-/m0/s1. The molecule has 3 heterocycles. The lowest BCUT2D eigenvalue weighted by atomic mass is 10.0. The molecule has 4 atom stereocenters. The molecule has 3 aromatic rings. The minimum atomic E-state index is -0.868. The number of anilines is 3. The topological polar surface area (TPSA) is 134 Å². The lowest BCUT2D eigenvalue weighted by Gasteiger charge is -2.28. The fourth-order valence-electron chi connectivity index (χ4n) is 4.62. The Morgan fingerprint density at radius 3 is 2.77 bits per heavy atom. The normalized spacial score (nSPS) is 25.6. The Kier molecular flexibility index (Phi) is 5.04. The number of fused-ring (bicyclic) bond motifs is 2. The maximum Gasteiger partial charge on any atom is 0.138 e. The van der Waals surface area contributed by atoms with Gasteiger partial charge in [0.15, 0.2) is 0 Å². The Morgan fingerprint density at radius 2 is 1.94 bits per heavy atom. The van der Waals surface area contributed by atoms with Crippen LogP contribution in [0.15, 0.2) is 41.1 Å². The lowest BCUT2D eigenvalue weighted by molar-refractivity contribution is 0.0229. The van der Waals surface area contributed by atoms with Gasteiger partial charge in [-0.25, -0.2) is 15.0 Å². The summed E-state index contributed by atoms with van der Waals surface area (Å²) in [4.78, 5) is 14.9. The summed E-state index contributed by atoms with van der Waals surface area (Å²) < 4.78 is 0.771. The van der Waals surface area contributed by atoms with Crippen LogP contribution in [0.4, 0.5) is 17.5 Å². The Bertz CT molecular complexity index is 1190. The number of aromatic nitrogens is 3. The van der Waals surface area contributed by atoms with E-state index in [9.17, 15) is 10.2 Å². The molecule has 160 valence electrons. The van der Waals surface area contributed by atoms with Crippen molar-refractivity contribution in [3.05, 3.63) is 52.3 Å². The monoisotopic (exact) mass is 482 g/mol. The average molecular weight is 483 g/mol. The van der Waals surface area contributed by atoms with Crippen LogP contribution in [0.25, 0.3) is 17.0 Å². The third kappa shape index (κ3) is 3.52. The van der Waals surface area contributed by atoms with Gasteiger partial charge >= 0.3 is 0 Å². The molecule has 9 heteroatoms. The van der Waals surface area contributed by atoms with Gasteiger partial charge in [0.05, 0.1) is 22.1 Å². The van der Waals surface area contributed by atoms with Crippen molar-refractivity contribution in [3.63, 3.8) is 0 Å². The number of hydrogen-bond acceptors (Lipinski definition) is 8. The Hall–Kier alpha value is -2.75. The van der Waals surface area contributed by atoms with E-state index in [1.165, 1.54) is 6.33 Å². The molecule has 1 fully saturated rings. The first-order chi connectivity index (χ1) is 14.9. The fraction of sp³-hybridized carbons (Fsp3) is 0.318. The van der Waals surface area contributed by atoms with Crippen molar-refractivity contribution < 1.29 is 10.2 Å². The van der Waals surface area contributed by atoms with E-state index < -0.39 is 12.2 Å². The minimum absolute atomic E-state index is 0.179. The molecule has 1 aliphatic heterocycles. The van der Waals surface area contributed by atoms with Crippen molar-refractivity contribution >= 4 is 50.4 Å². The van der Waals surface area contributed by atoms with E-state index in [0.717, 1.165) is 38.7 Å². The third-order valence-electron chi connectivity index (χ3n) is 6.29. The van der Waals surface area contributed by atoms with Crippen LogP contribution in [0.1, 0.15) is 17.5 Å². The molecular weight excluding hydrogens is 460 g/mol. The predicted molar refractivity (Wildman–Crippen MR) is 124 cm³/mol. The van der Waals surface area contributed by atoms with E-state index in [4.69, 9.17) is 11.5 Å². The molecule has 1 saturated carbocycles. The Balaban J connectivity index is 1.36. The van der Waals surface area contributed by atoms with Gasteiger partial charge in [-0.3, -0.25) is 0 Å². The molecule has 5 rings (SSSR count). The summed E-state index contributed by atoms with van der Waals surface area (Å²) in [5.74, 6) is 1.51. The highest BCUT2D eigenvalue weighted by Gasteiger charge is 2.45. The number of pyridine rings is 1. The van der Waals surface area contributed by atoms with E-state index in [2.05, 4.69) is 35.8 Å². The molecule has 0 bridgehead atoms. The first kappa shape index (κ1) is 20.2. The van der Waals surface area contributed by atoms with Gasteiger partial charge in [-0.1, -0.05) is 24.3 Å². The average Bonchev–Trinajstić information content (AvgIpc) is 3.30. The molecule has 2 aromatic heterocycles. The predicted octanol–water partition coefficient (Wildman–Crippen LogP) is 2.14. The summed E-state index contributed by atoms with van der Waals surface area (Å²) in [5, 5.41) is 22.4. The molecule has 0 spiro atoms. The molecule has 0 amide bonds. The van der Waals surface area contributed by atoms with Crippen LogP contribution in [-0.2, 0) is 6.42 Å². The summed E-state index contributed by atoms with van der Waals surface area (Å²) in [7, 11) is 0. The van der Waals surface area contributed by atoms with Crippen molar-refractivity contribution in [2.45, 2.75) is 31.1 Å². The number of aliphatic hydroxyl groups is 2. The first-order valence-corrected chi connectivity index (χ1v) is 11.0. The number of rotatable bonds is 3. The number of aliphatic hydroxyl groups excluding tert-OH is 2. The van der Waals surface area contributed by atoms with Crippen molar-refractivity contribution in [1.29, 1.82) is 0 Å². The smallest absolute Gasteiger partial charge is 0.138 e. The van der Waals surface area contributed by atoms with Gasteiger partial charge in [0, 0.05) is 23.4 Å². The van der Waals surface area contributed by atoms with Gasteiger partial charge < -0.3 is 26.6 Å². The zero-order valence-corrected chi connectivity index (χ0v) is 18.3. The highest BCUT2D eigenvalue weighted by molar-refractivity contribution is 9.10. The number of nitrogen functional groups attached to an aromatic ring is 2. The molecule has 8 nitrogen and oxygen atoms in total. The summed E-state index contributed by atoms with van der Waals surface area (Å²) in [6.45, 7) is 0.705. The van der Waals surface area contributed by atoms with Gasteiger partial charge in [0.1, 0.15) is 29.9 Å². The summed E-state index contributed by atoms with van der Waals surface area (Å²) in [5.41, 5.74) is 14.6. The second-order valence-corrected chi connectivity index (χ2v) is 8.97. The van der Waals surface area contributed by atoms with Crippen molar-refractivity contribution in [2.75, 3.05) is 22.9 Å². The lowest BCUT2D eigenvalue weighted by Crippen LogP contribution is -2.43. The largest absolute Gasteiger partial charge is 0.390 e. The molecule has 31 heavy (non-hydrogen) atoms. The fourth-order valence-corrected chi connectivity index (χ4v) is 4.95. The minimum Gasteiger partial charge on any atom is -0.390 e. The van der Waals surface area contributed by atoms with Crippen molar-refractivity contribution in [1.82, 2.24) is 15.0 Å². The van der Waals surface area contributed by atoms with Gasteiger partial charge in [-0.15, -0.1) is 0 Å². The Labute approximate surface area is 187 Å². The maximum absolute atomic E-state index is 10.7. The quantitative estimate of drug-likeness (QED) is 0.445.